The number of hydrogen-bond donors (Lipinski definition) is 4. The normalized spacial score (nSPS) is 15.2. The van der Waals surface area contributed by atoms with Crippen LogP contribution in [0.25, 0.3) is 0 Å². The van der Waals surface area contributed by atoms with Crippen LogP contribution in [0.1, 0.15) is 38.7 Å². The maximum atomic E-state index is 13.9. The van der Waals surface area contributed by atoms with E-state index in [0.717, 1.165) is 18.4 Å². The van der Waals surface area contributed by atoms with Crippen molar-refractivity contribution >= 4 is 11.7 Å². The van der Waals surface area contributed by atoms with Crippen LogP contribution in [0.3, 0.4) is 0 Å². The first-order valence-corrected chi connectivity index (χ1v) is 9.20. The highest BCUT2D eigenvalue weighted by Gasteiger charge is 2.20. The number of hydrogen-bond acceptors (Lipinski definition) is 4. The van der Waals surface area contributed by atoms with Gasteiger partial charge in [-0.2, -0.15) is 0 Å². The second kappa shape index (κ2) is 12.4. The van der Waals surface area contributed by atoms with E-state index in [-0.39, 0.29) is 17.8 Å². The van der Waals surface area contributed by atoms with Gasteiger partial charge >= 0.3 is 0 Å². The van der Waals surface area contributed by atoms with Crippen molar-refractivity contribution in [3.05, 3.63) is 35.9 Å². The number of carbonyl (C=O) groups is 1. The minimum atomic E-state index is -1.06. The van der Waals surface area contributed by atoms with Crippen molar-refractivity contribution in [1.29, 1.82) is 0 Å². The Morgan fingerprint density at radius 3 is 2.62 bits per heavy atom. The molecule has 6 nitrogen and oxygen atoms in total. The standard InChI is InChI=1S/C19H32FN5O/c1-3-17(20)14(2)25-18(23-12-15-8-5-4-6-9-15)19(26)24-13-16(22)10-7-11-21/h4-6,8-9,14,16-17H,3,7,10-13,21-22H2,1-2H3,(H,23,25)(H,24,26)/t14-,16-,17?/m0/s1. The molecule has 0 saturated carbocycles. The summed E-state index contributed by atoms with van der Waals surface area (Å²) in [5.41, 5.74) is 12.4. The number of carbonyl (C=O) groups excluding carboxylic acids is 1. The summed E-state index contributed by atoms with van der Waals surface area (Å²) in [5.74, 6) is -0.247. The van der Waals surface area contributed by atoms with Gasteiger partial charge in [0.2, 0.25) is 0 Å². The number of nitrogens with two attached hydrogens (primary N) is 2. The van der Waals surface area contributed by atoms with Crippen molar-refractivity contribution in [2.24, 2.45) is 16.5 Å². The average molecular weight is 365 g/mol. The summed E-state index contributed by atoms with van der Waals surface area (Å²) in [6.07, 6.45) is 0.850. The van der Waals surface area contributed by atoms with Crippen molar-refractivity contribution in [1.82, 2.24) is 10.6 Å². The molecule has 0 saturated heterocycles. The van der Waals surface area contributed by atoms with Gasteiger partial charge in [0.05, 0.1) is 12.6 Å². The van der Waals surface area contributed by atoms with Crippen LogP contribution < -0.4 is 22.1 Å². The van der Waals surface area contributed by atoms with Crippen LogP contribution in [-0.4, -0.2) is 43.1 Å². The summed E-state index contributed by atoms with van der Waals surface area (Å²) >= 11 is 0. The average Bonchev–Trinajstić information content (AvgIpc) is 2.67. The van der Waals surface area contributed by atoms with Crippen LogP contribution in [0.15, 0.2) is 35.3 Å². The zero-order chi connectivity index (χ0) is 19.4. The molecule has 3 atom stereocenters. The number of alkyl halides is 1. The molecule has 0 aliphatic rings. The van der Waals surface area contributed by atoms with Crippen molar-refractivity contribution < 1.29 is 9.18 Å². The molecule has 1 amide bonds. The molecule has 26 heavy (non-hydrogen) atoms. The minimum absolute atomic E-state index is 0.128. The van der Waals surface area contributed by atoms with E-state index in [1.54, 1.807) is 13.8 Å². The lowest BCUT2D eigenvalue weighted by Crippen LogP contribution is -2.49. The number of benzene rings is 1. The third-order valence-corrected chi connectivity index (χ3v) is 4.08. The molecule has 0 spiro atoms. The highest BCUT2D eigenvalue weighted by molar-refractivity contribution is 6.37. The molecule has 0 aliphatic carbocycles. The number of nitrogens with zero attached hydrogens (tertiary/aromatic N) is 1. The Labute approximate surface area is 155 Å². The monoisotopic (exact) mass is 365 g/mol. The zero-order valence-corrected chi connectivity index (χ0v) is 15.7. The molecule has 1 aromatic rings. The Kier molecular flexibility index (Phi) is 10.5. The van der Waals surface area contributed by atoms with Crippen LogP contribution >= 0.6 is 0 Å². The van der Waals surface area contributed by atoms with Crippen molar-refractivity contribution in [3.63, 3.8) is 0 Å². The maximum absolute atomic E-state index is 13.9. The third kappa shape index (κ3) is 8.40. The van der Waals surface area contributed by atoms with Gasteiger partial charge in [-0.25, -0.2) is 4.39 Å². The van der Waals surface area contributed by atoms with Crippen LogP contribution in [-0.2, 0) is 11.3 Å². The fourth-order valence-corrected chi connectivity index (χ4v) is 2.39. The highest BCUT2D eigenvalue weighted by Crippen LogP contribution is 2.05. The molecule has 1 rings (SSSR count). The summed E-state index contributed by atoms with van der Waals surface area (Å²) in [6.45, 7) is 4.70. The van der Waals surface area contributed by atoms with Gasteiger partial charge in [0.25, 0.3) is 5.91 Å². The lowest BCUT2D eigenvalue weighted by Gasteiger charge is -2.20. The Morgan fingerprint density at radius 1 is 1.31 bits per heavy atom. The number of nitrogens with one attached hydrogen (secondary N) is 2. The van der Waals surface area contributed by atoms with Gasteiger partial charge in [-0.15, -0.1) is 0 Å². The van der Waals surface area contributed by atoms with Crippen molar-refractivity contribution in [2.75, 3.05) is 13.1 Å². The number of amides is 1. The first-order chi connectivity index (χ1) is 12.5. The summed E-state index contributed by atoms with van der Waals surface area (Å²) < 4.78 is 13.9. The molecule has 0 heterocycles. The first-order valence-electron chi connectivity index (χ1n) is 9.20. The Morgan fingerprint density at radius 2 is 2.00 bits per heavy atom. The van der Waals surface area contributed by atoms with Gasteiger partial charge < -0.3 is 22.1 Å². The summed E-state index contributed by atoms with van der Waals surface area (Å²) in [5, 5.41) is 5.68. The van der Waals surface area contributed by atoms with Crippen LogP contribution in [0.5, 0.6) is 0 Å². The van der Waals surface area contributed by atoms with E-state index in [4.69, 9.17) is 11.5 Å². The fraction of sp³-hybridized carbons (Fsp3) is 0.579. The molecular formula is C19H32FN5O. The topological polar surface area (TPSA) is 106 Å². The molecular weight excluding hydrogens is 333 g/mol. The zero-order valence-electron chi connectivity index (χ0n) is 15.7. The van der Waals surface area contributed by atoms with Crippen molar-refractivity contribution in [3.8, 4) is 0 Å². The molecule has 0 aliphatic heterocycles. The Balaban J connectivity index is 2.73. The van der Waals surface area contributed by atoms with E-state index >= 15 is 0 Å². The van der Waals surface area contributed by atoms with E-state index in [1.165, 1.54) is 0 Å². The molecule has 0 radical (unpaired) electrons. The number of halogens is 1. The molecule has 7 heteroatoms. The predicted octanol–water partition coefficient (Wildman–Crippen LogP) is 1.49. The quantitative estimate of drug-likeness (QED) is 0.372. The molecule has 0 bridgehead atoms. The van der Waals surface area contributed by atoms with E-state index in [1.807, 2.05) is 30.3 Å². The van der Waals surface area contributed by atoms with Gasteiger partial charge in [-0.3, -0.25) is 9.79 Å². The second-order valence-electron chi connectivity index (χ2n) is 6.41. The second-order valence-corrected chi connectivity index (χ2v) is 6.41. The molecule has 0 fully saturated rings. The summed E-state index contributed by atoms with van der Waals surface area (Å²) in [4.78, 5) is 16.8. The first kappa shape index (κ1) is 22.1. The van der Waals surface area contributed by atoms with Crippen LogP contribution in [0.4, 0.5) is 4.39 Å². The van der Waals surface area contributed by atoms with Crippen molar-refractivity contribution in [2.45, 2.75) is 57.9 Å². The van der Waals surface area contributed by atoms with Gasteiger partial charge in [-0.1, -0.05) is 37.3 Å². The minimum Gasteiger partial charge on any atom is -0.360 e. The fourth-order valence-electron chi connectivity index (χ4n) is 2.39. The van der Waals surface area contributed by atoms with Gasteiger partial charge in [0.1, 0.15) is 6.17 Å². The lowest BCUT2D eigenvalue weighted by molar-refractivity contribution is -0.115. The number of amidine groups is 1. The SMILES string of the molecule is CCC(F)[C@H](C)NC(=NCc1ccccc1)C(=O)NC[C@@H](N)CCCN. The van der Waals surface area contributed by atoms with Gasteiger partial charge in [-0.05, 0) is 38.3 Å². The smallest absolute Gasteiger partial charge is 0.286 e. The molecule has 1 aromatic carbocycles. The van der Waals surface area contributed by atoms with E-state index in [0.29, 0.717) is 26.1 Å². The summed E-state index contributed by atoms with van der Waals surface area (Å²) in [6, 6.07) is 8.91. The van der Waals surface area contributed by atoms with Gasteiger partial charge in [0.15, 0.2) is 5.84 Å². The number of rotatable bonds is 10. The van der Waals surface area contributed by atoms with E-state index in [2.05, 4.69) is 15.6 Å². The van der Waals surface area contributed by atoms with Crippen LogP contribution in [0, 0.1) is 0 Å². The highest BCUT2D eigenvalue weighted by atomic mass is 19.1. The number of aliphatic imine (C=N–C) groups is 1. The third-order valence-electron chi connectivity index (χ3n) is 4.08. The van der Waals surface area contributed by atoms with E-state index < -0.39 is 12.2 Å². The summed E-state index contributed by atoms with van der Waals surface area (Å²) in [7, 11) is 0. The molecule has 1 unspecified atom stereocenters. The largest absolute Gasteiger partial charge is 0.360 e. The Bertz CT molecular complexity index is 552. The molecule has 0 aromatic heterocycles. The van der Waals surface area contributed by atoms with Crippen LogP contribution in [0.2, 0.25) is 0 Å². The van der Waals surface area contributed by atoms with Gasteiger partial charge in [0, 0.05) is 12.6 Å². The Hall–Kier alpha value is -1.99. The predicted molar refractivity (Wildman–Crippen MR) is 105 cm³/mol. The maximum Gasteiger partial charge on any atom is 0.286 e. The van der Waals surface area contributed by atoms with E-state index in [9.17, 15) is 9.18 Å². The molecule has 146 valence electrons. The lowest BCUT2D eigenvalue weighted by atomic mass is 10.1. The molecule has 6 N–H and O–H groups in total.